The highest BCUT2D eigenvalue weighted by Crippen LogP contribution is 2.31. The van der Waals surface area contributed by atoms with Gasteiger partial charge in [-0.2, -0.15) is 5.26 Å². The zero-order chi connectivity index (χ0) is 22.4. The Morgan fingerprint density at radius 2 is 2.07 bits per heavy atom. The number of ether oxygens (including phenoxy) is 2. The molecule has 0 saturated carbocycles. The highest BCUT2D eigenvalue weighted by molar-refractivity contribution is 14.1. The summed E-state index contributed by atoms with van der Waals surface area (Å²) in [6.45, 7) is 1.70. The van der Waals surface area contributed by atoms with Gasteiger partial charge in [0.1, 0.15) is 23.7 Å². The van der Waals surface area contributed by atoms with Gasteiger partial charge in [0.25, 0.3) is 0 Å². The van der Waals surface area contributed by atoms with E-state index in [0.29, 0.717) is 13.2 Å². The zero-order valence-corrected chi connectivity index (χ0v) is 18.8. The van der Waals surface area contributed by atoms with E-state index in [-0.39, 0.29) is 30.0 Å². The molecule has 9 nitrogen and oxygen atoms in total. The van der Waals surface area contributed by atoms with Crippen LogP contribution in [-0.2, 0) is 19.1 Å². The lowest BCUT2D eigenvalue weighted by atomic mass is 10.2. The number of anilines is 1. The second-order valence-corrected chi connectivity index (χ2v) is 7.36. The molecule has 162 valence electrons. The number of carbonyl (C=O) groups excluding carboxylic acids is 2. The number of rotatable bonds is 9. The lowest BCUT2D eigenvalue weighted by Gasteiger charge is -2.20. The van der Waals surface area contributed by atoms with Crippen molar-refractivity contribution in [3.05, 3.63) is 23.3 Å². The summed E-state index contributed by atoms with van der Waals surface area (Å²) in [6.07, 6.45) is 0.0329. The minimum atomic E-state index is -0.961. The molecule has 0 saturated heterocycles. The van der Waals surface area contributed by atoms with Crippen molar-refractivity contribution in [1.82, 2.24) is 12.7 Å². The Balaban J connectivity index is 2.25. The number of carbonyl (C=O) groups is 2. The maximum absolute atomic E-state index is 14.6. The van der Waals surface area contributed by atoms with Gasteiger partial charge in [-0.25, -0.2) is 26.2 Å². The van der Waals surface area contributed by atoms with E-state index >= 15 is 0 Å². The summed E-state index contributed by atoms with van der Waals surface area (Å²) >= 11 is 1.64. The molecular formula is C18H20F2IN5O4. The lowest BCUT2D eigenvalue weighted by molar-refractivity contribution is -0.149. The summed E-state index contributed by atoms with van der Waals surface area (Å²) in [6, 6.07) is 2.31. The van der Waals surface area contributed by atoms with Crippen molar-refractivity contribution in [3.63, 3.8) is 0 Å². The van der Waals surface area contributed by atoms with Gasteiger partial charge < -0.3 is 14.4 Å². The first kappa shape index (κ1) is 23.9. The lowest BCUT2D eigenvalue weighted by Crippen LogP contribution is -2.35. The zero-order valence-electron chi connectivity index (χ0n) is 16.6. The highest BCUT2D eigenvalue weighted by Gasteiger charge is 2.27. The maximum atomic E-state index is 14.6. The van der Waals surface area contributed by atoms with Crippen molar-refractivity contribution >= 4 is 51.7 Å². The number of hydrogen-bond acceptors (Lipinski definition) is 7. The van der Waals surface area contributed by atoms with Gasteiger partial charge in [0.15, 0.2) is 18.4 Å². The van der Waals surface area contributed by atoms with E-state index in [0.717, 1.165) is 13.7 Å². The maximum Gasteiger partial charge on any atom is 0.333 e. The second kappa shape index (κ2) is 10.6. The Hall–Kier alpha value is -2.37. The van der Waals surface area contributed by atoms with Crippen LogP contribution in [0.5, 0.6) is 0 Å². The number of likely N-dealkylation sites (N-methyl/N-ethyl adjacent to an activating group) is 1. The number of halogens is 3. The fraction of sp³-hybridized carbons (Fsp3) is 0.444. The van der Waals surface area contributed by atoms with E-state index in [9.17, 15) is 18.4 Å². The third-order valence-electron chi connectivity index (χ3n) is 3.97. The van der Waals surface area contributed by atoms with E-state index in [1.54, 1.807) is 35.9 Å². The standard InChI is InChI=1S/C18H20F2IN5O4/c1-4-13(27)25(10-30-14(28)9-29-6-5-24(2)3)18-23-16-12(19)7-11(8-22)15(20)17(16)26(18)21/h7H,4-6,9-10H2,1-3H3. The molecule has 0 unspecified atom stereocenters. The van der Waals surface area contributed by atoms with Gasteiger partial charge in [0, 0.05) is 13.0 Å². The van der Waals surface area contributed by atoms with Crippen molar-refractivity contribution in [2.45, 2.75) is 13.3 Å². The van der Waals surface area contributed by atoms with E-state index in [1.807, 2.05) is 19.0 Å². The Bertz CT molecular complexity index is 989. The van der Waals surface area contributed by atoms with Crippen molar-refractivity contribution in [1.29, 1.82) is 5.26 Å². The molecule has 12 heteroatoms. The van der Waals surface area contributed by atoms with Crippen LogP contribution < -0.4 is 4.90 Å². The van der Waals surface area contributed by atoms with E-state index < -0.39 is 35.8 Å². The fourth-order valence-corrected chi connectivity index (χ4v) is 3.20. The first-order valence-electron chi connectivity index (χ1n) is 8.86. The molecule has 0 bridgehead atoms. The molecule has 1 aromatic heterocycles. The normalized spacial score (nSPS) is 11.0. The van der Waals surface area contributed by atoms with Crippen LogP contribution in [-0.4, -0.2) is 65.1 Å². The number of benzene rings is 1. The minimum absolute atomic E-state index is 0.0329. The third kappa shape index (κ3) is 5.41. The Kier molecular flexibility index (Phi) is 8.44. The summed E-state index contributed by atoms with van der Waals surface area (Å²) in [5, 5.41) is 8.97. The molecule has 0 fully saturated rings. The molecule has 2 aromatic rings. The highest BCUT2D eigenvalue weighted by atomic mass is 127. The molecule has 1 heterocycles. The average Bonchev–Trinajstić information content (AvgIpc) is 3.05. The van der Waals surface area contributed by atoms with Gasteiger partial charge >= 0.3 is 5.97 Å². The first-order valence-corrected chi connectivity index (χ1v) is 9.82. The Morgan fingerprint density at radius 3 is 2.67 bits per heavy atom. The van der Waals surface area contributed by atoms with Crippen LogP contribution in [0.2, 0.25) is 0 Å². The van der Waals surface area contributed by atoms with Gasteiger partial charge in [-0.15, -0.1) is 0 Å². The summed E-state index contributed by atoms with van der Waals surface area (Å²) < 4.78 is 40.2. The topological polar surface area (TPSA) is 101 Å². The van der Waals surface area contributed by atoms with Crippen LogP contribution in [0.3, 0.4) is 0 Å². The molecular weight excluding hydrogens is 515 g/mol. The Morgan fingerprint density at radius 1 is 1.37 bits per heavy atom. The minimum Gasteiger partial charge on any atom is -0.442 e. The van der Waals surface area contributed by atoms with E-state index in [2.05, 4.69) is 4.98 Å². The number of imidazole rings is 1. The molecule has 30 heavy (non-hydrogen) atoms. The van der Waals surface area contributed by atoms with Gasteiger partial charge in [-0.05, 0) is 20.2 Å². The molecule has 0 aliphatic heterocycles. The molecule has 0 radical (unpaired) electrons. The summed E-state index contributed by atoms with van der Waals surface area (Å²) in [5.41, 5.74) is -1.11. The Labute approximate surface area is 185 Å². The van der Waals surface area contributed by atoms with Crippen molar-refractivity contribution in [3.8, 4) is 6.07 Å². The smallest absolute Gasteiger partial charge is 0.333 e. The summed E-state index contributed by atoms with van der Waals surface area (Å²) in [7, 11) is 3.72. The van der Waals surface area contributed by atoms with Crippen LogP contribution >= 0.6 is 22.9 Å². The quantitative estimate of drug-likeness (QED) is 0.210. The van der Waals surface area contributed by atoms with Crippen LogP contribution in [0.15, 0.2) is 6.07 Å². The fourth-order valence-electron chi connectivity index (χ4n) is 2.39. The number of nitrogens with zero attached hydrogens (tertiary/aromatic N) is 5. The van der Waals surface area contributed by atoms with Crippen molar-refractivity contribution in [2.24, 2.45) is 0 Å². The summed E-state index contributed by atoms with van der Waals surface area (Å²) in [4.78, 5) is 31.2. The monoisotopic (exact) mass is 535 g/mol. The van der Waals surface area contributed by atoms with Gasteiger partial charge in [-0.3, -0.25) is 4.79 Å². The van der Waals surface area contributed by atoms with Crippen LogP contribution in [0, 0.1) is 23.0 Å². The number of hydrogen-bond donors (Lipinski definition) is 0. The van der Waals surface area contributed by atoms with E-state index in [1.165, 1.54) is 0 Å². The predicted molar refractivity (Wildman–Crippen MR) is 112 cm³/mol. The summed E-state index contributed by atoms with van der Waals surface area (Å²) in [5.74, 6) is -3.19. The van der Waals surface area contributed by atoms with Gasteiger partial charge in [-0.1, -0.05) is 6.92 Å². The number of amides is 1. The SMILES string of the molecule is CCC(=O)N(COC(=O)COCCN(C)C)c1nc2c(F)cc(C#N)c(F)c2n1I. The van der Waals surface area contributed by atoms with Gasteiger partial charge in [0.05, 0.1) is 35.0 Å². The number of fused-ring (bicyclic) bond motifs is 1. The number of esters is 1. The second-order valence-electron chi connectivity index (χ2n) is 6.40. The first-order chi connectivity index (χ1) is 14.2. The van der Waals surface area contributed by atoms with Gasteiger partial charge in [0.2, 0.25) is 11.9 Å². The molecule has 1 aromatic carbocycles. The van der Waals surface area contributed by atoms with Crippen molar-refractivity contribution in [2.75, 3.05) is 45.5 Å². The molecule has 1 amide bonds. The molecule has 0 spiro atoms. The molecule has 2 rings (SSSR count). The molecule has 0 aliphatic carbocycles. The third-order valence-corrected chi connectivity index (χ3v) is 4.89. The molecule has 0 aliphatic rings. The average molecular weight is 535 g/mol. The molecule has 0 N–H and O–H groups in total. The van der Waals surface area contributed by atoms with Crippen LogP contribution in [0.1, 0.15) is 18.9 Å². The number of aromatic nitrogens is 2. The molecule has 0 atom stereocenters. The van der Waals surface area contributed by atoms with Crippen molar-refractivity contribution < 1.29 is 27.8 Å². The van der Waals surface area contributed by atoms with Crippen LogP contribution in [0.25, 0.3) is 11.0 Å². The predicted octanol–water partition coefficient (Wildman–Crippen LogP) is 2.21. The van der Waals surface area contributed by atoms with E-state index in [4.69, 9.17) is 14.7 Å². The number of nitriles is 1. The van der Waals surface area contributed by atoms with Crippen LogP contribution in [0.4, 0.5) is 14.7 Å². The largest absolute Gasteiger partial charge is 0.442 e.